The van der Waals surface area contributed by atoms with Gasteiger partial charge in [-0.2, -0.15) is 5.10 Å². The lowest BCUT2D eigenvalue weighted by molar-refractivity contribution is -0.120. The molecule has 0 atom stereocenters. The van der Waals surface area contributed by atoms with E-state index in [1.54, 1.807) is 48.5 Å². The zero-order chi connectivity index (χ0) is 26.1. The summed E-state index contributed by atoms with van der Waals surface area (Å²) in [4.78, 5) is 37.1. The normalized spacial score (nSPS) is 10.6. The average molecular weight is 666 g/mol. The summed E-state index contributed by atoms with van der Waals surface area (Å²) in [6.07, 6.45) is 1.34. The van der Waals surface area contributed by atoms with Gasteiger partial charge in [0.15, 0.2) is 11.5 Å². The van der Waals surface area contributed by atoms with Crippen LogP contribution in [0.3, 0.4) is 0 Å². The number of benzene rings is 3. The van der Waals surface area contributed by atoms with E-state index in [1.165, 1.54) is 26.5 Å². The van der Waals surface area contributed by atoms with E-state index in [0.717, 1.165) is 3.57 Å². The van der Waals surface area contributed by atoms with Crippen molar-refractivity contribution < 1.29 is 28.6 Å². The molecular weight excluding hydrogens is 645 g/mol. The smallest absolute Gasteiger partial charge is 0.343 e. The van der Waals surface area contributed by atoms with Crippen LogP contribution in [0.2, 0.25) is 0 Å². The number of halogens is 2. The van der Waals surface area contributed by atoms with E-state index >= 15 is 0 Å². The molecule has 0 saturated heterocycles. The molecule has 2 N–H and O–H groups in total. The molecule has 0 heterocycles. The number of nitrogens with one attached hydrogen (secondary N) is 2. The maximum absolute atomic E-state index is 12.7. The number of esters is 1. The van der Waals surface area contributed by atoms with Gasteiger partial charge in [0.25, 0.3) is 11.8 Å². The number of hydrazone groups is 1. The van der Waals surface area contributed by atoms with Gasteiger partial charge in [0.1, 0.15) is 5.75 Å². The van der Waals surface area contributed by atoms with E-state index in [-0.39, 0.29) is 23.8 Å². The number of carbonyl (C=O) groups excluding carboxylic acids is 3. The fourth-order valence-corrected chi connectivity index (χ4v) is 3.96. The largest absolute Gasteiger partial charge is 0.493 e. The summed E-state index contributed by atoms with van der Waals surface area (Å²) >= 11 is 5.41. The topological polar surface area (TPSA) is 115 Å². The van der Waals surface area contributed by atoms with Crippen molar-refractivity contribution in [2.24, 2.45) is 5.10 Å². The van der Waals surface area contributed by atoms with Crippen LogP contribution in [0, 0.1) is 3.57 Å². The highest BCUT2D eigenvalue weighted by molar-refractivity contribution is 14.1. The first kappa shape index (κ1) is 27.1. The Hall–Kier alpha value is -3.45. The molecule has 3 aromatic carbocycles. The number of ether oxygens (including phenoxy) is 3. The molecule has 186 valence electrons. The number of carbonyl (C=O) groups is 3. The highest BCUT2D eigenvalue weighted by atomic mass is 127. The number of hydrogen-bond donors (Lipinski definition) is 2. The Kier molecular flexibility index (Phi) is 9.82. The van der Waals surface area contributed by atoms with Gasteiger partial charge in [0, 0.05) is 13.6 Å². The lowest BCUT2D eigenvalue weighted by Gasteiger charge is -2.11. The second kappa shape index (κ2) is 13.0. The van der Waals surface area contributed by atoms with E-state index in [2.05, 4.69) is 31.8 Å². The summed E-state index contributed by atoms with van der Waals surface area (Å²) in [7, 11) is 2.97. The minimum absolute atomic E-state index is 0.225. The van der Waals surface area contributed by atoms with Crippen molar-refractivity contribution in [3.05, 3.63) is 85.4 Å². The van der Waals surface area contributed by atoms with Gasteiger partial charge in [-0.1, -0.05) is 28.1 Å². The van der Waals surface area contributed by atoms with Crippen LogP contribution in [0.5, 0.6) is 17.2 Å². The molecule has 0 aliphatic heterocycles. The molecule has 0 aromatic heterocycles. The van der Waals surface area contributed by atoms with Gasteiger partial charge >= 0.3 is 5.97 Å². The van der Waals surface area contributed by atoms with Crippen molar-refractivity contribution in [1.82, 2.24) is 10.7 Å². The van der Waals surface area contributed by atoms with Crippen LogP contribution in [0.4, 0.5) is 0 Å². The molecule has 0 fully saturated rings. The number of amides is 2. The van der Waals surface area contributed by atoms with Crippen LogP contribution in [-0.4, -0.2) is 44.8 Å². The Morgan fingerprint density at radius 3 is 2.42 bits per heavy atom. The summed E-state index contributed by atoms with van der Waals surface area (Å²) in [6, 6.07) is 16.7. The van der Waals surface area contributed by atoms with Crippen LogP contribution in [0.1, 0.15) is 26.3 Å². The summed E-state index contributed by atoms with van der Waals surface area (Å²) in [5.41, 5.74) is 3.51. The fourth-order valence-electron chi connectivity index (χ4n) is 2.95. The fraction of sp³-hybridized carbons (Fsp3) is 0.120. The van der Waals surface area contributed by atoms with Crippen LogP contribution in [-0.2, 0) is 4.79 Å². The molecule has 2 amide bonds. The monoisotopic (exact) mass is 665 g/mol. The van der Waals surface area contributed by atoms with Gasteiger partial charge < -0.3 is 19.5 Å². The summed E-state index contributed by atoms with van der Waals surface area (Å²) < 4.78 is 17.4. The number of methoxy groups -OCH3 is 2. The standard InChI is InChI=1S/C25H21BrIN3O6/c1-34-21-9-7-15(12-22(21)35-2)25(33)36-20-10-8-17(26)11-16(20)13-29-30-23(31)14-28-24(32)18-5-3-4-6-19(18)27/h3-13H,14H2,1-2H3,(H,28,32)(H,30,31)/b29-13+. The third kappa shape index (κ3) is 7.28. The second-order valence-electron chi connectivity index (χ2n) is 7.10. The van der Waals surface area contributed by atoms with E-state index in [9.17, 15) is 14.4 Å². The Balaban J connectivity index is 1.63. The van der Waals surface area contributed by atoms with Crippen molar-refractivity contribution in [1.29, 1.82) is 0 Å². The van der Waals surface area contributed by atoms with E-state index in [0.29, 0.717) is 27.1 Å². The van der Waals surface area contributed by atoms with Crippen molar-refractivity contribution in [2.75, 3.05) is 20.8 Å². The number of rotatable bonds is 9. The molecule has 36 heavy (non-hydrogen) atoms. The molecule has 3 aromatic rings. The molecule has 0 bridgehead atoms. The summed E-state index contributed by atoms with van der Waals surface area (Å²) in [5, 5.41) is 6.46. The average Bonchev–Trinajstić information content (AvgIpc) is 2.88. The van der Waals surface area contributed by atoms with Gasteiger partial charge in [0.05, 0.1) is 38.1 Å². The molecular formula is C25H21BrIN3O6. The minimum atomic E-state index is -0.616. The maximum atomic E-state index is 12.7. The molecule has 0 aliphatic rings. The maximum Gasteiger partial charge on any atom is 0.343 e. The Bertz CT molecular complexity index is 1310. The number of hydrogen-bond acceptors (Lipinski definition) is 7. The quantitative estimate of drug-likeness (QED) is 0.117. The molecule has 0 unspecified atom stereocenters. The molecule has 9 nitrogen and oxygen atoms in total. The Morgan fingerprint density at radius 2 is 1.69 bits per heavy atom. The predicted octanol–water partition coefficient (Wildman–Crippen LogP) is 4.17. The predicted molar refractivity (Wildman–Crippen MR) is 146 cm³/mol. The molecule has 0 saturated carbocycles. The summed E-state index contributed by atoms with van der Waals surface area (Å²) in [5.74, 6) is -0.407. The van der Waals surface area contributed by atoms with Crippen molar-refractivity contribution >= 4 is 62.5 Å². The molecule has 3 rings (SSSR count). The third-order valence-electron chi connectivity index (χ3n) is 4.71. The lowest BCUT2D eigenvalue weighted by Crippen LogP contribution is -2.35. The highest BCUT2D eigenvalue weighted by Crippen LogP contribution is 2.29. The molecule has 11 heteroatoms. The Morgan fingerprint density at radius 1 is 0.972 bits per heavy atom. The molecule has 0 spiro atoms. The van der Waals surface area contributed by atoms with E-state index < -0.39 is 11.9 Å². The highest BCUT2D eigenvalue weighted by Gasteiger charge is 2.15. The molecule has 0 radical (unpaired) electrons. The van der Waals surface area contributed by atoms with Crippen LogP contribution >= 0.6 is 38.5 Å². The number of nitrogens with zero attached hydrogens (tertiary/aromatic N) is 1. The minimum Gasteiger partial charge on any atom is -0.493 e. The van der Waals surface area contributed by atoms with Gasteiger partial charge in [-0.15, -0.1) is 0 Å². The zero-order valence-corrected chi connectivity index (χ0v) is 23.0. The molecule has 0 aliphatic carbocycles. The van der Waals surface area contributed by atoms with Gasteiger partial charge in [0.2, 0.25) is 0 Å². The van der Waals surface area contributed by atoms with Gasteiger partial charge in [-0.3, -0.25) is 9.59 Å². The zero-order valence-electron chi connectivity index (χ0n) is 19.2. The van der Waals surface area contributed by atoms with Crippen molar-refractivity contribution in [3.63, 3.8) is 0 Å². The first-order valence-corrected chi connectivity index (χ1v) is 12.3. The van der Waals surface area contributed by atoms with Crippen molar-refractivity contribution in [2.45, 2.75) is 0 Å². The second-order valence-corrected chi connectivity index (χ2v) is 9.17. The summed E-state index contributed by atoms with van der Waals surface area (Å²) in [6.45, 7) is -0.263. The first-order chi connectivity index (χ1) is 17.3. The van der Waals surface area contributed by atoms with Crippen LogP contribution < -0.4 is 25.0 Å². The van der Waals surface area contributed by atoms with Crippen LogP contribution in [0.25, 0.3) is 0 Å². The van der Waals surface area contributed by atoms with E-state index in [1.807, 2.05) is 28.7 Å². The lowest BCUT2D eigenvalue weighted by atomic mass is 10.2. The third-order valence-corrected chi connectivity index (χ3v) is 6.15. The Labute approximate surface area is 229 Å². The van der Waals surface area contributed by atoms with Gasteiger partial charge in [-0.25, -0.2) is 10.2 Å². The first-order valence-electron chi connectivity index (χ1n) is 10.4. The van der Waals surface area contributed by atoms with Crippen LogP contribution in [0.15, 0.2) is 70.2 Å². The van der Waals surface area contributed by atoms with E-state index in [4.69, 9.17) is 14.2 Å². The van der Waals surface area contributed by atoms with Crippen molar-refractivity contribution in [3.8, 4) is 17.2 Å². The SMILES string of the molecule is COc1ccc(C(=O)Oc2ccc(Br)cc2/C=N/NC(=O)CNC(=O)c2ccccc2I)cc1OC. The van der Waals surface area contributed by atoms with Gasteiger partial charge in [-0.05, 0) is 71.1 Å².